The molecule has 0 radical (unpaired) electrons. The van der Waals surface area contributed by atoms with Crippen molar-refractivity contribution in [2.45, 2.75) is 97.9 Å². The number of fused-ring (bicyclic) bond motifs is 3. The lowest BCUT2D eigenvalue weighted by Gasteiger charge is -2.40. The highest BCUT2D eigenvalue weighted by atomic mass is 16.4. The van der Waals surface area contributed by atoms with Crippen LogP contribution in [0.4, 0.5) is 0 Å². The molecule has 192 valence electrons. The minimum absolute atomic E-state index is 0.0472. The van der Waals surface area contributed by atoms with Crippen molar-refractivity contribution in [2.24, 2.45) is 5.41 Å². The molecule has 0 fully saturated rings. The number of carboxylic acids is 1. The van der Waals surface area contributed by atoms with Gasteiger partial charge in [0.2, 0.25) is 0 Å². The molecule has 7 nitrogen and oxygen atoms in total. The first-order valence-corrected chi connectivity index (χ1v) is 12.4. The van der Waals surface area contributed by atoms with Crippen LogP contribution in [0.2, 0.25) is 0 Å². The zero-order valence-electron chi connectivity index (χ0n) is 21.5. The largest absolute Gasteiger partial charge is 0.508 e. The van der Waals surface area contributed by atoms with Crippen LogP contribution in [-0.4, -0.2) is 55.5 Å². The molecule has 0 saturated heterocycles. The zero-order chi connectivity index (χ0) is 26.1. The van der Waals surface area contributed by atoms with Crippen LogP contribution >= 0.6 is 0 Å². The molecule has 2 aliphatic rings. The fourth-order valence-corrected chi connectivity index (χ4v) is 5.40. The molecule has 0 saturated carbocycles. The number of rotatable bonds is 9. The number of benzene rings is 1. The van der Waals surface area contributed by atoms with Gasteiger partial charge in [-0.15, -0.1) is 0 Å². The first-order valence-electron chi connectivity index (χ1n) is 12.4. The van der Waals surface area contributed by atoms with Gasteiger partial charge in [-0.25, -0.2) is 4.79 Å². The fourth-order valence-electron chi connectivity index (χ4n) is 5.40. The minimum atomic E-state index is -1.37. The van der Waals surface area contributed by atoms with Crippen LogP contribution in [-0.2, 0) is 24.2 Å². The number of hydrogen-bond acceptors (Lipinski definition) is 5. The maximum absolute atomic E-state index is 13.1. The Morgan fingerprint density at radius 1 is 1.20 bits per heavy atom. The number of phenolic OH excluding ortho intramolecular Hbond substituents is 1. The first kappa shape index (κ1) is 27.0. The van der Waals surface area contributed by atoms with E-state index in [1.54, 1.807) is 0 Å². The number of aromatic hydroxyl groups is 1. The second-order valence-corrected chi connectivity index (χ2v) is 10.8. The predicted molar refractivity (Wildman–Crippen MR) is 134 cm³/mol. The number of nitrogens with zero attached hydrogens (tertiary/aromatic N) is 1. The van der Waals surface area contributed by atoms with Crippen molar-refractivity contribution in [3.63, 3.8) is 0 Å². The second kappa shape index (κ2) is 10.5. The van der Waals surface area contributed by atoms with E-state index in [2.05, 4.69) is 32.9 Å². The zero-order valence-corrected chi connectivity index (χ0v) is 21.5. The van der Waals surface area contributed by atoms with Crippen LogP contribution < -0.4 is 0 Å². The molecule has 1 amide bonds. The van der Waals surface area contributed by atoms with Gasteiger partial charge >= 0.3 is 5.97 Å². The van der Waals surface area contributed by atoms with E-state index in [9.17, 15) is 30.0 Å². The molecular weight excluding hydrogens is 446 g/mol. The summed E-state index contributed by atoms with van der Waals surface area (Å²) < 4.78 is 0. The highest BCUT2D eigenvalue weighted by Crippen LogP contribution is 2.46. The normalized spacial score (nSPS) is 23.5. The Kier molecular flexibility index (Phi) is 8.12. The Balaban J connectivity index is 1.84. The van der Waals surface area contributed by atoms with Gasteiger partial charge in [-0.1, -0.05) is 30.2 Å². The molecule has 1 aliphatic carbocycles. The summed E-state index contributed by atoms with van der Waals surface area (Å²) in [5, 5.41) is 41.3. The van der Waals surface area contributed by atoms with E-state index in [-0.39, 0.29) is 24.3 Å². The summed E-state index contributed by atoms with van der Waals surface area (Å²) >= 11 is 0. The molecule has 0 unspecified atom stereocenters. The van der Waals surface area contributed by atoms with Gasteiger partial charge in [-0.3, -0.25) is 4.79 Å². The molecule has 1 heterocycles. The topological polar surface area (TPSA) is 118 Å². The SMILES string of the molecule is CC(C)=CCC/C(C)=C/CC[C@]1(C)Cc2c(c(O)cc3c2CN([C@@H](C(=O)O)[C@H](C)O)C3=O)C[C@@H]1O. The predicted octanol–water partition coefficient (Wildman–Crippen LogP) is 4.12. The smallest absolute Gasteiger partial charge is 0.329 e. The van der Waals surface area contributed by atoms with E-state index < -0.39 is 35.5 Å². The highest BCUT2D eigenvalue weighted by molar-refractivity contribution is 6.01. The maximum Gasteiger partial charge on any atom is 0.329 e. The van der Waals surface area contributed by atoms with Crippen LogP contribution in [0.15, 0.2) is 29.4 Å². The molecular formula is C28H39NO6. The molecule has 3 rings (SSSR count). The molecule has 1 aromatic carbocycles. The summed E-state index contributed by atoms with van der Waals surface area (Å²) in [6.45, 7) is 9.76. The van der Waals surface area contributed by atoms with Crippen molar-refractivity contribution in [1.82, 2.24) is 4.90 Å². The standard InChI is InChI=1S/C28H39NO6/c1-16(2)8-6-9-17(3)10-7-11-28(5)14-21-19(13-24(28)32)23(31)12-20-22(21)15-29(26(20)33)25(18(4)30)27(34)35/h8,10,12,18,24-25,30-32H,6-7,9,11,13-15H2,1-5H3,(H,34,35)/b17-10+/t18-,24-,25+,28+/m0/s1. The third kappa shape index (κ3) is 5.62. The van der Waals surface area contributed by atoms with Gasteiger partial charge in [0.15, 0.2) is 6.04 Å². The Hall–Kier alpha value is -2.64. The Labute approximate surface area is 207 Å². The summed E-state index contributed by atoms with van der Waals surface area (Å²) in [6.07, 6.45) is 6.91. The summed E-state index contributed by atoms with van der Waals surface area (Å²) in [6, 6.07) is 0.0125. The van der Waals surface area contributed by atoms with E-state index in [1.165, 1.54) is 29.0 Å². The van der Waals surface area contributed by atoms with Crippen molar-refractivity contribution in [1.29, 1.82) is 0 Å². The number of carbonyl (C=O) groups is 2. The van der Waals surface area contributed by atoms with E-state index in [0.29, 0.717) is 17.5 Å². The number of phenols is 1. The van der Waals surface area contributed by atoms with E-state index in [1.807, 2.05) is 6.92 Å². The summed E-state index contributed by atoms with van der Waals surface area (Å²) in [5.74, 6) is -1.82. The summed E-state index contributed by atoms with van der Waals surface area (Å²) in [4.78, 5) is 26.0. The highest BCUT2D eigenvalue weighted by Gasteiger charge is 2.45. The monoisotopic (exact) mass is 485 g/mol. The Bertz CT molecular complexity index is 1050. The molecule has 0 spiro atoms. The third-order valence-corrected chi connectivity index (χ3v) is 7.59. The van der Waals surface area contributed by atoms with Gasteiger partial charge in [0.25, 0.3) is 5.91 Å². The lowest BCUT2D eigenvalue weighted by atomic mass is 9.67. The Morgan fingerprint density at radius 3 is 2.49 bits per heavy atom. The molecule has 4 N–H and O–H groups in total. The molecule has 35 heavy (non-hydrogen) atoms. The first-order chi connectivity index (χ1) is 16.4. The van der Waals surface area contributed by atoms with E-state index >= 15 is 0 Å². The number of hydrogen-bond donors (Lipinski definition) is 4. The summed E-state index contributed by atoms with van der Waals surface area (Å²) in [5.41, 5.74) is 4.60. The van der Waals surface area contributed by atoms with Crippen LogP contribution in [0.5, 0.6) is 5.75 Å². The van der Waals surface area contributed by atoms with Gasteiger partial charge < -0.3 is 25.3 Å². The van der Waals surface area contributed by atoms with Crippen molar-refractivity contribution in [2.75, 3.05) is 0 Å². The molecule has 0 bridgehead atoms. The van der Waals surface area contributed by atoms with Crippen LogP contribution in [0.1, 0.15) is 87.4 Å². The van der Waals surface area contributed by atoms with Gasteiger partial charge in [0, 0.05) is 24.1 Å². The molecule has 4 atom stereocenters. The lowest BCUT2D eigenvalue weighted by molar-refractivity contribution is -0.146. The number of aliphatic carboxylic acids is 1. The van der Waals surface area contributed by atoms with Gasteiger partial charge in [-0.05, 0) is 82.4 Å². The second-order valence-electron chi connectivity index (χ2n) is 10.8. The number of carbonyl (C=O) groups excluding carboxylic acids is 1. The van der Waals surface area contributed by atoms with Crippen molar-refractivity contribution in [3.05, 3.63) is 51.6 Å². The van der Waals surface area contributed by atoms with Gasteiger partial charge in [0.1, 0.15) is 5.75 Å². The van der Waals surface area contributed by atoms with Gasteiger partial charge in [-0.2, -0.15) is 0 Å². The molecule has 1 aromatic rings. The maximum atomic E-state index is 13.1. The van der Waals surface area contributed by atoms with Crippen LogP contribution in [0.25, 0.3) is 0 Å². The van der Waals surface area contributed by atoms with Crippen LogP contribution in [0.3, 0.4) is 0 Å². The quantitative estimate of drug-likeness (QED) is 0.391. The average molecular weight is 486 g/mol. The summed E-state index contributed by atoms with van der Waals surface area (Å²) in [7, 11) is 0. The number of aliphatic hydroxyl groups is 2. The van der Waals surface area contributed by atoms with Crippen molar-refractivity contribution >= 4 is 11.9 Å². The number of allylic oxidation sites excluding steroid dienone is 4. The third-order valence-electron chi connectivity index (χ3n) is 7.59. The lowest BCUT2D eigenvalue weighted by Crippen LogP contribution is -2.48. The van der Waals surface area contributed by atoms with Crippen molar-refractivity contribution < 1.29 is 30.0 Å². The van der Waals surface area contributed by atoms with E-state index in [4.69, 9.17) is 0 Å². The molecule has 0 aromatic heterocycles. The number of aliphatic hydroxyl groups excluding tert-OH is 2. The average Bonchev–Trinajstić information content (AvgIpc) is 3.05. The van der Waals surface area contributed by atoms with Crippen LogP contribution in [0, 0.1) is 5.41 Å². The fraction of sp³-hybridized carbons (Fsp3) is 0.571. The number of amides is 1. The minimum Gasteiger partial charge on any atom is -0.508 e. The van der Waals surface area contributed by atoms with Crippen molar-refractivity contribution in [3.8, 4) is 5.75 Å². The van der Waals surface area contributed by atoms with E-state index in [0.717, 1.165) is 31.2 Å². The number of carboxylic acid groups (broad SMARTS) is 1. The van der Waals surface area contributed by atoms with Gasteiger partial charge in [0.05, 0.1) is 12.2 Å². The Morgan fingerprint density at radius 2 is 1.89 bits per heavy atom. The molecule has 1 aliphatic heterocycles. The molecule has 7 heteroatoms.